The van der Waals surface area contributed by atoms with Crippen molar-refractivity contribution in [3.05, 3.63) is 63.4 Å². The van der Waals surface area contributed by atoms with Crippen molar-refractivity contribution < 1.29 is 22.7 Å². The minimum atomic E-state index is -4.67. The van der Waals surface area contributed by atoms with Crippen molar-refractivity contribution in [3.8, 4) is 5.69 Å². The van der Waals surface area contributed by atoms with Crippen LogP contribution < -0.4 is 10.9 Å². The first kappa shape index (κ1) is 23.5. The molecule has 0 spiro atoms. The standard InChI is InChI=1S/C21H20ClF3N4O3/c1-11(27-19(31)32-20(2,3)4)17-28-15-7-5-6-14(22)16(15)18(30)29(17)13-8-12(9-26-10-13)21(23,24)25/h5-11H,1-4H3,(H,27,31). The van der Waals surface area contributed by atoms with Gasteiger partial charge in [0.15, 0.2) is 0 Å². The van der Waals surface area contributed by atoms with Gasteiger partial charge in [0.25, 0.3) is 5.56 Å². The number of carbonyl (C=O) groups is 1. The van der Waals surface area contributed by atoms with Crippen LogP contribution in [0.5, 0.6) is 0 Å². The van der Waals surface area contributed by atoms with Gasteiger partial charge in [-0.1, -0.05) is 17.7 Å². The first-order valence-corrected chi connectivity index (χ1v) is 9.89. The first-order chi connectivity index (χ1) is 14.8. The number of fused-ring (bicyclic) bond motifs is 1. The number of rotatable bonds is 3. The second-order valence-electron chi connectivity index (χ2n) is 8.04. The van der Waals surface area contributed by atoms with Crippen molar-refractivity contribution in [2.24, 2.45) is 0 Å². The highest BCUT2D eigenvalue weighted by molar-refractivity contribution is 6.35. The molecule has 0 saturated heterocycles. The number of hydrogen-bond acceptors (Lipinski definition) is 5. The number of benzene rings is 1. The molecular weight excluding hydrogens is 449 g/mol. The maximum absolute atomic E-state index is 13.3. The monoisotopic (exact) mass is 468 g/mol. The fraction of sp³-hybridized carbons (Fsp3) is 0.333. The van der Waals surface area contributed by atoms with Crippen LogP contribution in [0.25, 0.3) is 16.6 Å². The number of nitrogens with zero attached hydrogens (tertiary/aromatic N) is 3. The summed E-state index contributed by atoms with van der Waals surface area (Å²) >= 11 is 6.18. The molecule has 1 unspecified atom stereocenters. The average molecular weight is 469 g/mol. The third-order valence-electron chi connectivity index (χ3n) is 4.30. The van der Waals surface area contributed by atoms with Crippen LogP contribution in [-0.4, -0.2) is 26.2 Å². The second-order valence-corrected chi connectivity index (χ2v) is 8.45. The van der Waals surface area contributed by atoms with Gasteiger partial charge in [0, 0.05) is 6.20 Å². The highest BCUT2D eigenvalue weighted by Gasteiger charge is 2.32. The van der Waals surface area contributed by atoms with Gasteiger partial charge in [0.2, 0.25) is 0 Å². The molecule has 0 aliphatic rings. The van der Waals surface area contributed by atoms with E-state index in [0.29, 0.717) is 6.20 Å². The quantitative estimate of drug-likeness (QED) is 0.582. The molecule has 1 atom stereocenters. The van der Waals surface area contributed by atoms with Gasteiger partial charge in [-0.3, -0.25) is 14.3 Å². The fourth-order valence-corrected chi connectivity index (χ4v) is 3.25. The van der Waals surface area contributed by atoms with Gasteiger partial charge in [-0.05, 0) is 45.9 Å². The number of hydrogen-bond donors (Lipinski definition) is 1. The molecule has 3 rings (SSSR count). The van der Waals surface area contributed by atoms with E-state index in [1.807, 2.05) is 0 Å². The van der Waals surface area contributed by atoms with Crippen LogP contribution >= 0.6 is 11.6 Å². The van der Waals surface area contributed by atoms with Crippen molar-refractivity contribution in [1.82, 2.24) is 19.9 Å². The molecule has 170 valence electrons. The Kier molecular flexibility index (Phi) is 6.19. The summed E-state index contributed by atoms with van der Waals surface area (Å²) in [6.45, 7) is 6.56. The number of alkyl carbamates (subject to hydrolysis) is 1. The van der Waals surface area contributed by atoms with E-state index in [-0.39, 0.29) is 27.4 Å². The molecule has 11 heteroatoms. The number of ether oxygens (including phenoxy) is 1. The van der Waals surface area contributed by atoms with Crippen LogP contribution in [0.15, 0.2) is 41.5 Å². The van der Waals surface area contributed by atoms with E-state index in [1.165, 1.54) is 13.0 Å². The van der Waals surface area contributed by atoms with Crippen molar-refractivity contribution in [3.63, 3.8) is 0 Å². The minimum Gasteiger partial charge on any atom is -0.444 e. The summed E-state index contributed by atoms with van der Waals surface area (Å²) in [5.74, 6) is -0.0169. The summed E-state index contributed by atoms with van der Waals surface area (Å²) in [5.41, 5.74) is -2.47. The van der Waals surface area contributed by atoms with Crippen LogP contribution in [0.1, 0.15) is 45.1 Å². The number of halogens is 4. The number of amides is 1. The number of aromatic nitrogens is 3. The van der Waals surface area contributed by atoms with Crippen molar-refractivity contribution >= 4 is 28.6 Å². The maximum atomic E-state index is 13.3. The Morgan fingerprint density at radius 3 is 2.53 bits per heavy atom. The third-order valence-corrected chi connectivity index (χ3v) is 4.62. The Morgan fingerprint density at radius 1 is 1.22 bits per heavy atom. The molecule has 32 heavy (non-hydrogen) atoms. The minimum absolute atomic E-state index is 0.0169. The molecule has 0 bridgehead atoms. The van der Waals surface area contributed by atoms with Gasteiger partial charge < -0.3 is 10.1 Å². The highest BCUT2D eigenvalue weighted by atomic mass is 35.5. The molecule has 7 nitrogen and oxygen atoms in total. The Hall–Kier alpha value is -3.14. The summed E-state index contributed by atoms with van der Waals surface area (Å²) in [6, 6.07) is 4.48. The van der Waals surface area contributed by atoms with E-state index in [9.17, 15) is 22.8 Å². The van der Waals surface area contributed by atoms with Crippen LogP contribution in [0, 0.1) is 0 Å². The molecule has 0 aliphatic heterocycles. The zero-order chi connectivity index (χ0) is 23.8. The maximum Gasteiger partial charge on any atom is 0.417 e. The predicted molar refractivity (Wildman–Crippen MR) is 113 cm³/mol. The van der Waals surface area contributed by atoms with Gasteiger partial charge in [0.05, 0.1) is 39.4 Å². The lowest BCUT2D eigenvalue weighted by Crippen LogP contribution is -2.37. The lowest BCUT2D eigenvalue weighted by atomic mass is 10.2. The van der Waals surface area contributed by atoms with E-state index in [2.05, 4.69) is 15.3 Å². The smallest absolute Gasteiger partial charge is 0.417 e. The molecule has 1 amide bonds. The highest BCUT2D eigenvalue weighted by Crippen LogP contribution is 2.30. The molecule has 2 heterocycles. The zero-order valence-corrected chi connectivity index (χ0v) is 18.4. The van der Waals surface area contributed by atoms with Crippen molar-refractivity contribution in [2.75, 3.05) is 0 Å². The second kappa shape index (κ2) is 8.42. The van der Waals surface area contributed by atoms with Crippen LogP contribution in [0.2, 0.25) is 5.02 Å². The van der Waals surface area contributed by atoms with E-state index >= 15 is 0 Å². The number of nitrogens with one attached hydrogen (secondary N) is 1. The lowest BCUT2D eigenvalue weighted by molar-refractivity contribution is -0.137. The average Bonchev–Trinajstić information content (AvgIpc) is 2.65. The molecular formula is C21H20ClF3N4O3. The molecule has 2 aromatic heterocycles. The summed E-state index contributed by atoms with van der Waals surface area (Å²) < 4.78 is 45.9. The number of carbonyl (C=O) groups excluding carboxylic acids is 1. The van der Waals surface area contributed by atoms with Crippen molar-refractivity contribution in [1.29, 1.82) is 0 Å². The molecule has 1 aromatic carbocycles. The topological polar surface area (TPSA) is 86.1 Å². The summed E-state index contributed by atoms with van der Waals surface area (Å²) in [7, 11) is 0. The number of alkyl halides is 3. The van der Waals surface area contributed by atoms with E-state index in [0.717, 1.165) is 16.8 Å². The first-order valence-electron chi connectivity index (χ1n) is 9.51. The summed E-state index contributed by atoms with van der Waals surface area (Å²) in [6.07, 6.45) is -3.70. The molecule has 0 saturated carbocycles. The summed E-state index contributed by atoms with van der Waals surface area (Å²) in [5, 5.41) is 2.67. The predicted octanol–water partition coefficient (Wildman–Crippen LogP) is 5.04. The van der Waals surface area contributed by atoms with E-state index < -0.39 is 35.0 Å². The SMILES string of the molecule is CC(NC(=O)OC(C)(C)C)c1nc2cccc(Cl)c2c(=O)n1-c1cncc(C(F)(F)F)c1. The van der Waals surface area contributed by atoms with Crippen LogP contribution in [-0.2, 0) is 10.9 Å². The molecule has 0 fully saturated rings. The van der Waals surface area contributed by atoms with Gasteiger partial charge in [-0.2, -0.15) is 13.2 Å². The summed E-state index contributed by atoms with van der Waals surface area (Å²) in [4.78, 5) is 33.6. The van der Waals surface area contributed by atoms with Gasteiger partial charge in [0.1, 0.15) is 11.4 Å². The Labute approximate surface area is 186 Å². The molecule has 0 aliphatic carbocycles. The molecule has 3 aromatic rings. The van der Waals surface area contributed by atoms with Crippen molar-refractivity contribution in [2.45, 2.75) is 45.5 Å². The third kappa shape index (κ3) is 5.01. The van der Waals surface area contributed by atoms with Crippen LogP contribution in [0.4, 0.5) is 18.0 Å². The van der Waals surface area contributed by atoms with Crippen LogP contribution in [0.3, 0.4) is 0 Å². The Bertz CT molecular complexity index is 1240. The van der Waals surface area contributed by atoms with Gasteiger partial charge in [-0.25, -0.2) is 9.78 Å². The van der Waals surface area contributed by atoms with Gasteiger partial charge >= 0.3 is 12.3 Å². The number of pyridine rings is 1. The molecule has 0 radical (unpaired) electrons. The van der Waals surface area contributed by atoms with E-state index in [1.54, 1.807) is 32.9 Å². The largest absolute Gasteiger partial charge is 0.444 e. The molecule has 1 N–H and O–H groups in total. The lowest BCUT2D eigenvalue weighted by Gasteiger charge is -2.23. The van der Waals surface area contributed by atoms with E-state index in [4.69, 9.17) is 16.3 Å². The van der Waals surface area contributed by atoms with Gasteiger partial charge in [-0.15, -0.1) is 0 Å². The fourth-order valence-electron chi connectivity index (χ4n) is 3.00. The normalized spacial score (nSPS) is 13.1. The Balaban J connectivity index is 2.22. The Morgan fingerprint density at radius 2 is 1.91 bits per heavy atom. The zero-order valence-electron chi connectivity index (χ0n) is 17.6.